The minimum atomic E-state index is 0.842. The molecule has 0 spiro atoms. The summed E-state index contributed by atoms with van der Waals surface area (Å²) in [4.78, 5) is 2.31. The van der Waals surface area contributed by atoms with Crippen molar-refractivity contribution in [3.63, 3.8) is 0 Å². The Bertz CT molecular complexity index is 2470. The van der Waals surface area contributed by atoms with Crippen LogP contribution in [0.25, 0.3) is 66.1 Å². The van der Waals surface area contributed by atoms with E-state index in [9.17, 15) is 0 Å². The van der Waals surface area contributed by atoms with Crippen molar-refractivity contribution in [2.75, 3.05) is 4.90 Å². The Morgan fingerprint density at radius 1 is 0.356 bits per heavy atom. The first-order chi connectivity index (χ1) is 22.3. The van der Waals surface area contributed by atoms with Crippen molar-refractivity contribution >= 4 is 60.9 Å². The first-order valence-corrected chi connectivity index (χ1v) is 15.2. The lowest BCUT2D eigenvalue weighted by Gasteiger charge is -2.28. The van der Waals surface area contributed by atoms with Crippen molar-refractivity contribution in [2.45, 2.75) is 0 Å². The topological polar surface area (TPSA) is 29.5 Å². The highest BCUT2D eigenvalue weighted by molar-refractivity contribution is 6.14. The van der Waals surface area contributed by atoms with Crippen LogP contribution in [0.4, 0.5) is 17.1 Å². The third-order valence-electron chi connectivity index (χ3n) is 8.68. The van der Waals surface area contributed by atoms with Gasteiger partial charge in [0.1, 0.15) is 16.7 Å². The highest BCUT2D eigenvalue weighted by Gasteiger charge is 2.24. The summed E-state index contributed by atoms with van der Waals surface area (Å²) in [6.07, 6.45) is 0. The van der Waals surface area contributed by atoms with Crippen molar-refractivity contribution in [1.29, 1.82) is 0 Å². The number of anilines is 3. The smallest absolute Gasteiger partial charge is 0.160 e. The Balaban J connectivity index is 1.34. The van der Waals surface area contributed by atoms with E-state index in [0.29, 0.717) is 0 Å². The van der Waals surface area contributed by atoms with Crippen LogP contribution in [0.15, 0.2) is 173 Å². The lowest BCUT2D eigenvalue weighted by Crippen LogP contribution is -2.11. The lowest BCUT2D eigenvalue weighted by molar-refractivity contribution is 0.667. The molecule has 212 valence electrons. The average Bonchev–Trinajstić information content (AvgIpc) is 3.68. The Morgan fingerprint density at radius 3 is 1.62 bits per heavy atom. The number of nitrogens with zero attached hydrogens (tertiary/aromatic N) is 1. The van der Waals surface area contributed by atoms with Gasteiger partial charge in [-0.3, -0.25) is 0 Å². The highest BCUT2D eigenvalue weighted by Crippen LogP contribution is 2.48. The summed E-state index contributed by atoms with van der Waals surface area (Å²) in [6, 6.07) is 57.2. The maximum atomic E-state index is 6.73. The molecule has 2 aromatic heterocycles. The van der Waals surface area contributed by atoms with Gasteiger partial charge in [-0.2, -0.15) is 0 Å². The predicted octanol–water partition coefficient (Wildman–Crippen LogP) is 12.3. The van der Waals surface area contributed by atoms with Gasteiger partial charge in [-0.1, -0.05) is 115 Å². The van der Waals surface area contributed by atoms with Gasteiger partial charge in [0.25, 0.3) is 0 Å². The normalized spacial score (nSPS) is 11.6. The van der Waals surface area contributed by atoms with Crippen molar-refractivity contribution in [3.8, 4) is 22.3 Å². The molecule has 3 heteroatoms. The second-order valence-electron chi connectivity index (χ2n) is 11.3. The van der Waals surface area contributed by atoms with Gasteiger partial charge in [-0.25, -0.2) is 0 Å². The summed E-state index contributed by atoms with van der Waals surface area (Å²) < 4.78 is 13.1. The largest absolute Gasteiger partial charge is 0.456 e. The summed E-state index contributed by atoms with van der Waals surface area (Å²) in [6.45, 7) is 0. The summed E-state index contributed by atoms with van der Waals surface area (Å²) in [7, 11) is 0. The Morgan fingerprint density at radius 2 is 0.889 bits per heavy atom. The van der Waals surface area contributed by atoms with Gasteiger partial charge in [-0.05, 0) is 59.2 Å². The fourth-order valence-corrected chi connectivity index (χ4v) is 6.54. The van der Waals surface area contributed by atoms with Gasteiger partial charge in [0, 0.05) is 38.9 Å². The third-order valence-corrected chi connectivity index (χ3v) is 8.68. The minimum absolute atomic E-state index is 0.842. The van der Waals surface area contributed by atoms with E-state index >= 15 is 0 Å². The molecule has 0 aliphatic heterocycles. The second-order valence-corrected chi connectivity index (χ2v) is 11.3. The number of benzene rings is 7. The first kappa shape index (κ1) is 25.4. The molecule has 0 N–H and O–H groups in total. The molecule has 2 heterocycles. The summed E-state index contributed by atoms with van der Waals surface area (Å²) in [5, 5.41) is 4.39. The molecule has 0 aliphatic rings. The summed E-state index contributed by atoms with van der Waals surface area (Å²) in [5.74, 6) is 0. The van der Waals surface area contributed by atoms with Gasteiger partial charge in [0.2, 0.25) is 0 Å². The summed E-state index contributed by atoms with van der Waals surface area (Å²) >= 11 is 0. The lowest BCUT2D eigenvalue weighted by atomic mass is 9.98. The predicted molar refractivity (Wildman–Crippen MR) is 187 cm³/mol. The molecule has 7 aromatic carbocycles. The molecule has 0 fully saturated rings. The van der Waals surface area contributed by atoms with Gasteiger partial charge in [0.15, 0.2) is 5.58 Å². The number of hydrogen-bond acceptors (Lipinski definition) is 3. The zero-order valence-electron chi connectivity index (χ0n) is 24.4. The van der Waals surface area contributed by atoms with E-state index in [1.807, 2.05) is 30.3 Å². The van der Waals surface area contributed by atoms with Crippen LogP contribution < -0.4 is 4.90 Å². The highest BCUT2D eigenvalue weighted by atomic mass is 16.3. The molecule has 3 nitrogen and oxygen atoms in total. The molecule has 0 saturated heterocycles. The van der Waals surface area contributed by atoms with E-state index in [1.165, 1.54) is 5.56 Å². The van der Waals surface area contributed by atoms with Crippen molar-refractivity contribution in [2.24, 2.45) is 0 Å². The van der Waals surface area contributed by atoms with Crippen LogP contribution in [-0.2, 0) is 0 Å². The van der Waals surface area contributed by atoms with Crippen molar-refractivity contribution in [3.05, 3.63) is 164 Å². The van der Waals surface area contributed by atoms with E-state index in [2.05, 4.69) is 138 Å². The number of rotatable bonds is 5. The van der Waals surface area contributed by atoms with Crippen molar-refractivity contribution in [1.82, 2.24) is 0 Å². The van der Waals surface area contributed by atoms with E-state index in [4.69, 9.17) is 8.83 Å². The molecule has 45 heavy (non-hydrogen) atoms. The van der Waals surface area contributed by atoms with E-state index in [1.54, 1.807) is 0 Å². The van der Waals surface area contributed by atoms with Crippen molar-refractivity contribution < 1.29 is 8.83 Å². The minimum Gasteiger partial charge on any atom is -0.456 e. The maximum absolute atomic E-state index is 6.73. The van der Waals surface area contributed by atoms with Crippen LogP contribution in [0.2, 0.25) is 0 Å². The summed E-state index contributed by atoms with van der Waals surface area (Å²) in [5.41, 5.74) is 11.0. The Hall–Kier alpha value is -6.06. The number of furan rings is 2. The molecule has 0 saturated carbocycles. The molecule has 0 unspecified atom stereocenters. The van der Waals surface area contributed by atoms with Crippen LogP contribution in [0.5, 0.6) is 0 Å². The molecular formula is C42H27NO2. The number of hydrogen-bond donors (Lipinski definition) is 0. The van der Waals surface area contributed by atoms with Gasteiger partial charge in [-0.15, -0.1) is 0 Å². The Kier molecular flexibility index (Phi) is 5.82. The molecule has 0 atom stereocenters. The molecule has 9 aromatic rings. The van der Waals surface area contributed by atoms with Gasteiger partial charge in [0.05, 0.1) is 11.4 Å². The molecule has 9 rings (SSSR count). The van der Waals surface area contributed by atoms with E-state index in [0.717, 1.165) is 77.6 Å². The second kappa shape index (κ2) is 10.3. The maximum Gasteiger partial charge on any atom is 0.160 e. The fraction of sp³-hybridized carbons (Fsp3) is 0. The van der Waals surface area contributed by atoms with E-state index in [-0.39, 0.29) is 0 Å². The van der Waals surface area contributed by atoms with Crippen LogP contribution in [0.1, 0.15) is 0 Å². The Labute approximate surface area is 260 Å². The number of para-hydroxylation sites is 2. The van der Waals surface area contributed by atoms with Gasteiger partial charge < -0.3 is 13.7 Å². The zero-order valence-corrected chi connectivity index (χ0v) is 24.4. The third kappa shape index (κ3) is 4.21. The van der Waals surface area contributed by atoms with Crippen LogP contribution in [-0.4, -0.2) is 0 Å². The number of fused-ring (bicyclic) bond motifs is 6. The van der Waals surface area contributed by atoms with Gasteiger partial charge >= 0.3 is 0 Å². The van der Waals surface area contributed by atoms with Crippen LogP contribution in [0, 0.1) is 0 Å². The monoisotopic (exact) mass is 577 g/mol. The van der Waals surface area contributed by atoms with E-state index < -0.39 is 0 Å². The average molecular weight is 578 g/mol. The molecule has 0 amide bonds. The molecule has 0 aliphatic carbocycles. The van der Waals surface area contributed by atoms with Crippen LogP contribution in [0.3, 0.4) is 0 Å². The quantitative estimate of drug-likeness (QED) is 0.204. The first-order valence-electron chi connectivity index (χ1n) is 15.2. The standard InChI is InChI=1S/C42H27NO2/c1-3-11-28(12-4-1)29-19-21-31(22-20-29)43(32-23-24-36-34-15-7-9-17-38(34)44-40(36)27-32)41-33(30-13-5-2-6-14-30)25-26-37-35-16-8-10-18-39(35)45-42(37)41/h1-27H. The molecular weight excluding hydrogens is 550 g/mol. The SMILES string of the molecule is c1ccc(-c2ccc(N(c3ccc4c(c3)oc3ccccc34)c3c(-c4ccccc4)ccc4c3oc3ccccc34)cc2)cc1. The molecule has 0 bridgehead atoms. The van der Waals surface area contributed by atoms with Crippen LogP contribution >= 0.6 is 0 Å². The zero-order chi connectivity index (χ0) is 29.7. The fourth-order valence-electron chi connectivity index (χ4n) is 6.54. The molecule has 0 radical (unpaired) electrons.